The molecule has 8 heteroatoms. The highest BCUT2D eigenvalue weighted by Crippen LogP contribution is 2.28. The van der Waals surface area contributed by atoms with Crippen molar-refractivity contribution in [2.24, 2.45) is 0 Å². The molecule has 5 aromatic rings. The number of aromatic nitrogens is 4. The van der Waals surface area contributed by atoms with Crippen LogP contribution in [0.15, 0.2) is 83.7 Å². The predicted molar refractivity (Wildman–Crippen MR) is 128 cm³/mol. The van der Waals surface area contributed by atoms with Crippen LogP contribution in [-0.2, 0) is 13.0 Å². The number of carbonyl (C=O) groups excluding carboxylic acids is 2. The second kappa shape index (κ2) is 7.88. The van der Waals surface area contributed by atoms with Crippen molar-refractivity contribution in [1.29, 1.82) is 0 Å². The van der Waals surface area contributed by atoms with E-state index in [9.17, 15) is 19.6 Å². The maximum Gasteiger partial charge on any atom is 0.248 e. The van der Waals surface area contributed by atoms with Gasteiger partial charge in [-0.3, -0.25) is 14.4 Å². The zero-order valence-corrected chi connectivity index (χ0v) is 18.4. The second-order valence-electron chi connectivity index (χ2n) is 8.42. The number of hydrogen-bond donors (Lipinski definition) is 1. The number of para-hydroxylation sites is 1. The van der Waals surface area contributed by atoms with E-state index in [1.54, 1.807) is 30.3 Å². The average Bonchev–Trinajstić information content (AvgIpc) is 3.22. The topological polar surface area (TPSA) is 112 Å². The van der Waals surface area contributed by atoms with Gasteiger partial charge in [0, 0.05) is 32.8 Å². The third kappa shape index (κ3) is 3.34. The lowest BCUT2D eigenvalue weighted by atomic mass is 9.90. The lowest BCUT2D eigenvalue weighted by Crippen LogP contribution is -2.41. The number of hydrogen-bond acceptors (Lipinski definition) is 5. The van der Waals surface area contributed by atoms with E-state index < -0.39 is 5.78 Å². The third-order valence-electron chi connectivity index (χ3n) is 6.36. The Kier molecular flexibility index (Phi) is 4.67. The van der Waals surface area contributed by atoms with Crippen molar-refractivity contribution in [3.05, 3.63) is 123 Å². The number of pyridine rings is 1. The first kappa shape index (κ1) is 20.7. The summed E-state index contributed by atoms with van der Waals surface area (Å²) in [6.07, 6.45) is 0.459. The first-order valence-corrected chi connectivity index (χ1v) is 11.1. The molecule has 35 heavy (non-hydrogen) atoms. The van der Waals surface area contributed by atoms with Gasteiger partial charge in [0.2, 0.25) is 22.8 Å². The minimum atomic E-state index is -0.420. The van der Waals surface area contributed by atoms with Crippen molar-refractivity contribution >= 4 is 22.5 Å². The van der Waals surface area contributed by atoms with Gasteiger partial charge in [-0.25, -0.2) is 0 Å². The Labute approximate surface area is 198 Å². The maximum atomic E-state index is 13.0. The molecule has 0 bridgehead atoms. The lowest BCUT2D eigenvalue weighted by Gasteiger charge is -2.12. The summed E-state index contributed by atoms with van der Waals surface area (Å²) in [4.78, 5) is 40.9. The van der Waals surface area contributed by atoms with E-state index in [2.05, 4.69) is 10.1 Å². The van der Waals surface area contributed by atoms with Crippen LogP contribution in [0.5, 0.6) is 0 Å². The Morgan fingerprint density at radius 2 is 1.51 bits per heavy atom. The molecule has 0 amide bonds. The highest BCUT2D eigenvalue weighted by Gasteiger charge is 2.38. The van der Waals surface area contributed by atoms with Crippen molar-refractivity contribution in [2.75, 3.05) is 0 Å². The molecule has 0 atom stereocenters. The molecule has 1 aliphatic rings. The molecule has 0 radical (unpaired) electrons. The first-order chi connectivity index (χ1) is 17.0. The molecule has 1 aliphatic carbocycles. The van der Waals surface area contributed by atoms with Gasteiger partial charge in [0.25, 0.3) is 0 Å². The van der Waals surface area contributed by atoms with Gasteiger partial charge in [-0.2, -0.15) is 0 Å². The molecule has 2 heterocycles. The highest BCUT2D eigenvalue weighted by atomic mass is 16.5. The molecular formula is C27H18N4O4. The molecule has 170 valence electrons. The Bertz CT molecular complexity index is 1710. The fraction of sp³-hybridized carbons (Fsp3) is 0.0741. The molecule has 2 aromatic heterocycles. The second-order valence-corrected chi connectivity index (χ2v) is 8.42. The zero-order valence-electron chi connectivity index (χ0n) is 18.4. The standard InChI is InChI=1S/C27H18N4O4/c32-22-13-12-18-4-3-7-19(23(18)28-22)17-10-8-16(9-11-17)14-15-30-25-24(29-31(30)35)26(33)20-5-1-2-6-21(20)27(25)34/h1-13H,14-15H2,(H,28,32). The van der Waals surface area contributed by atoms with Gasteiger partial charge in [-0.05, 0) is 29.0 Å². The van der Waals surface area contributed by atoms with Crippen LogP contribution >= 0.6 is 0 Å². The van der Waals surface area contributed by atoms with Gasteiger partial charge in [0.1, 0.15) is 0 Å². The maximum absolute atomic E-state index is 13.0. The van der Waals surface area contributed by atoms with E-state index in [1.807, 2.05) is 42.5 Å². The number of fused-ring (bicyclic) bond motifs is 3. The van der Waals surface area contributed by atoms with Crippen LogP contribution < -0.4 is 10.5 Å². The summed E-state index contributed by atoms with van der Waals surface area (Å²) in [6.45, 7) is 0.188. The first-order valence-electron chi connectivity index (χ1n) is 11.1. The largest absolute Gasteiger partial charge is 0.571 e. The SMILES string of the molecule is O=C1c2ccccc2C(=O)c2c1n[n+]([O-])n2CCc1ccc(-c2cccc3ccc(=O)[nH]c23)cc1. The molecule has 0 spiro atoms. The molecule has 0 saturated heterocycles. The summed E-state index contributed by atoms with van der Waals surface area (Å²) in [6, 6.07) is 23.4. The van der Waals surface area contributed by atoms with Gasteiger partial charge < -0.3 is 10.2 Å². The molecular weight excluding hydrogens is 444 g/mol. The number of benzene rings is 3. The Morgan fingerprint density at radius 3 is 2.29 bits per heavy atom. The van der Waals surface area contributed by atoms with Crippen molar-refractivity contribution in [2.45, 2.75) is 13.0 Å². The third-order valence-corrected chi connectivity index (χ3v) is 6.36. The monoisotopic (exact) mass is 462 g/mol. The Morgan fingerprint density at radius 1 is 0.800 bits per heavy atom. The van der Waals surface area contributed by atoms with Gasteiger partial charge in [-0.15, -0.1) is 4.68 Å². The Hall–Kier alpha value is -4.85. The van der Waals surface area contributed by atoms with Crippen LogP contribution in [0.2, 0.25) is 0 Å². The van der Waals surface area contributed by atoms with Gasteiger partial charge in [0.05, 0.1) is 12.1 Å². The molecule has 0 unspecified atom stereocenters. The summed E-state index contributed by atoms with van der Waals surface area (Å²) >= 11 is 0. The number of nitrogens with zero attached hydrogens (tertiary/aromatic N) is 3. The van der Waals surface area contributed by atoms with Gasteiger partial charge >= 0.3 is 0 Å². The minimum Gasteiger partial charge on any atom is -0.571 e. The van der Waals surface area contributed by atoms with E-state index in [0.29, 0.717) is 11.4 Å². The van der Waals surface area contributed by atoms with E-state index in [0.717, 1.165) is 27.6 Å². The normalized spacial score (nSPS) is 12.6. The molecule has 0 aliphatic heterocycles. The van der Waals surface area contributed by atoms with Crippen LogP contribution in [0, 0.1) is 5.21 Å². The quantitative estimate of drug-likeness (QED) is 0.320. The van der Waals surface area contributed by atoms with Crippen molar-refractivity contribution in [3.63, 3.8) is 0 Å². The zero-order chi connectivity index (χ0) is 24.1. The molecule has 8 nitrogen and oxygen atoms in total. The fourth-order valence-corrected chi connectivity index (χ4v) is 4.61. The lowest BCUT2D eigenvalue weighted by molar-refractivity contribution is -0.749. The van der Waals surface area contributed by atoms with Gasteiger partial charge in [0.15, 0.2) is 5.69 Å². The fourth-order valence-electron chi connectivity index (χ4n) is 4.61. The van der Waals surface area contributed by atoms with E-state index in [-0.39, 0.29) is 40.4 Å². The van der Waals surface area contributed by atoms with E-state index >= 15 is 0 Å². The van der Waals surface area contributed by atoms with E-state index in [1.165, 1.54) is 10.7 Å². The predicted octanol–water partition coefficient (Wildman–Crippen LogP) is 3.04. The summed E-state index contributed by atoms with van der Waals surface area (Å²) in [5, 5.41) is 17.2. The summed E-state index contributed by atoms with van der Waals surface area (Å²) in [5.74, 6) is -0.798. The number of H-pyrrole nitrogens is 1. The number of nitrogens with one attached hydrogen (secondary N) is 1. The summed E-state index contributed by atoms with van der Waals surface area (Å²) < 4.78 is 1.22. The van der Waals surface area contributed by atoms with Crippen molar-refractivity contribution in [1.82, 2.24) is 14.8 Å². The molecule has 6 rings (SSSR count). The number of ketones is 2. The summed E-state index contributed by atoms with van der Waals surface area (Å²) in [7, 11) is 0. The highest BCUT2D eigenvalue weighted by molar-refractivity contribution is 6.26. The van der Waals surface area contributed by atoms with E-state index in [4.69, 9.17) is 0 Å². The molecule has 0 fully saturated rings. The Balaban J connectivity index is 1.28. The van der Waals surface area contributed by atoms with Crippen LogP contribution in [0.25, 0.3) is 22.0 Å². The van der Waals surface area contributed by atoms with Gasteiger partial charge in [-0.1, -0.05) is 66.7 Å². The van der Waals surface area contributed by atoms with Crippen LogP contribution in [0.3, 0.4) is 0 Å². The average molecular weight is 462 g/mol. The number of aromatic amines is 1. The smallest absolute Gasteiger partial charge is 0.248 e. The van der Waals surface area contributed by atoms with Crippen molar-refractivity contribution in [3.8, 4) is 11.1 Å². The van der Waals surface area contributed by atoms with Crippen molar-refractivity contribution < 1.29 is 14.5 Å². The van der Waals surface area contributed by atoms with Crippen LogP contribution in [-0.4, -0.2) is 26.3 Å². The minimum absolute atomic E-state index is 0.0278. The van der Waals surface area contributed by atoms with Crippen LogP contribution in [0.4, 0.5) is 0 Å². The molecule has 0 saturated carbocycles. The molecule has 3 aromatic carbocycles. The number of carbonyl (C=O) groups is 2. The van der Waals surface area contributed by atoms with Crippen LogP contribution in [0.1, 0.15) is 37.7 Å². The molecule has 1 N–H and O–H groups in total. The number of rotatable bonds is 4. The summed E-state index contributed by atoms with van der Waals surface area (Å²) in [5.41, 5.74) is 3.88. The number of aryl methyl sites for hydroxylation is 1.